The van der Waals surface area contributed by atoms with Gasteiger partial charge in [-0.05, 0) is 43.2 Å². The van der Waals surface area contributed by atoms with E-state index in [2.05, 4.69) is 4.98 Å². The number of aromatic nitrogens is 1. The van der Waals surface area contributed by atoms with Crippen LogP contribution >= 0.6 is 0 Å². The van der Waals surface area contributed by atoms with E-state index < -0.39 is 11.7 Å². The Morgan fingerprint density at radius 1 is 0.962 bits per heavy atom. The van der Waals surface area contributed by atoms with Crippen molar-refractivity contribution < 1.29 is 22.7 Å². The number of pyridine rings is 1. The van der Waals surface area contributed by atoms with Gasteiger partial charge in [0.2, 0.25) is 5.88 Å². The quantitative estimate of drug-likeness (QED) is 0.777. The van der Waals surface area contributed by atoms with Gasteiger partial charge < -0.3 is 9.64 Å². The van der Waals surface area contributed by atoms with Crippen LogP contribution in [0.5, 0.6) is 11.6 Å². The Hall–Kier alpha value is -2.57. The zero-order valence-corrected chi connectivity index (χ0v) is 14.1. The fourth-order valence-corrected chi connectivity index (χ4v) is 2.85. The van der Waals surface area contributed by atoms with E-state index in [4.69, 9.17) is 4.74 Å². The van der Waals surface area contributed by atoms with Crippen LogP contribution in [-0.2, 0) is 6.18 Å². The number of likely N-dealkylation sites (tertiary alicyclic amines) is 1. The first-order valence-corrected chi connectivity index (χ1v) is 8.54. The van der Waals surface area contributed by atoms with Crippen LogP contribution in [0.1, 0.15) is 41.6 Å². The Morgan fingerprint density at radius 2 is 1.62 bits per heavy atom. The molecule has 0 atom stereocenters. The van der Waals surface area contributed by atoms with Crippen molar-refractivity contribution in [1.82, 2.24) is 9.88 Å². The van der Waals surface area contributed by atoms with Gasteiger partial charge in [-0.25, -0.2) is 4.98 Å². The lowest BCUT2D eigenvalue weighted by Crippen LogP contribution is -2.31. The highest BCUT2D eigenvalue weighted by Gasteiger charge is 2.30. The van der Waals surface area contributed by atoms with Gasteiger partial charge in [-0.1, -0.05) is 12.8 Å². The van der Waals surface area contributed by atoms with Crippen LogP contribution in [0, 0.1) is 0 Å². The molecule has 138 valence electrons. The largest absolute Gasteiger partial charge is 0.439 e. The standard InChI is InChI=1S/C19H19F3N2O2/c20-19(21,22)15-7-10-17(23-13-15)26-16-8-5-14(6-9-16)18(25)24-11-3-1-2-4-12-24/h5-10,13H,1-4,11-12H2. The SMILES string of the molecule is O=C(c1ccc(Oc2ccc(C(F)(F)F)cn2)cc1)N1CCCCCC1. The Kier molecular flexibility index (Phi) is 5.44. The fraction of sp³-hybridized carbons (Fsp3) is 0.368. The third kappa shape index (κ3) is 4.53. The number of hydrogen-bond acceptors (Lipinski definition) is 3. The number of carbonyl (C=O) groups is 1. The summed E-state index contributed by atoms with van der Waals surface area (Å²) in [6.07, 6.45) is 0.639. The predicted octanol–water partition coefficient (Wildman–Crippen LogP) is 4.91. The number of nitrogens with zero attached hydrogens (tertiary/aromatic N) is 2. The van der Waals surface area contributed by atoms with Gasteiger partial charge in [0.05, 0.1) is 5.56 Å². The molecule has 3 rings (SSSR count). The number of benzene rings is 1. The van der Waals surface area contributed by atoms with Crippen LogP contribution in [0.3, 0.4) is 0 Å². The average Bonchev–Trinajstić information content (AvgIpc) is 2.91. The molecular weight excluding hydrogens is 345 g/mol. The van der Waals surface area contributed by atoms with Crippen molar-refractivity contribution in [3.63, 3.8) is 0 Å². The van der Waals surface area contributed by atoms with Crippen molar-refractivity contribution in [2.45, 2.75) is 31.9 Å². The Bertz CT molecular complexity index is 735. The number of halogens is 3. The molecule has 1 fully saturated rings. The first kappa shape index (κ1) is 18.2. The molecule has 1 saturated heterocycles. The molecule has 4 nitrogen and oxygen atoms in total. The van der Waals surface area contributed by atoms with E-state index in [1.165, 1.54) is 6.07 Å². The molecule has 0 bridgehead atoms. The van der Waals surface area contributed by atoms with Gasteiger partial charge in [0.1, 0.15) is 5.75 Å². The summed E-state index contributed by atoms with van der Waals surface area (Å²) in [4.78, 5) is 18.0. The molecule has 1 aliphatic rings. The fourth-order valence-electron chi connectivity index (χ4n) is 2.85. The smallest absolute Gasteiger partial charge is 0.417 e. The minimum Gasteiger partial charge on any atom is -0.439 e. The second kappa shape index (κ2) is 7.76. The highest BCUT2D eigenvalue weighted by molar-refractivity contribution is 5.94. The minimum absolute atomic E-state index is 0.00824. The van der Waals surface area contributed by atoms with Crippen molar-refractivity contribution in [1.29, 1.82) is 0 Å². The lowest BCUT2D eigenvalue weighted by atomic mass is 10.2. The maximum absolute atomic E-state index is 12.5. The van der Waals surface area contributed by atoms with Gasteiger partial charge in [0.15, 0.2) is 0 Å². The molecule has 2 heterocycles. The van der Waals surface area contributed by atoms with Gasteiger partial charge in [-0.2, -0.15) is 13.2 Å². The normalized spacial score (nSPS) is 15.4. The van der Waals surface area contributed by atoms with Crippen molar-refractivity contribution in [2.75, 3.05) is 13.1 Å². The molecule has 0 aliphatic carbocycles. The molecule has 2 aromatic rings. The zero-order valence-electron chi connectivity index (χ0n) is 14.1. The molecule has 0 saturated carbocycles. The van der Waals surface area contributed by atoms with E-state index in [0.717, 1.165) is 51.0 Å². The van der Waals surface area contributed by atoms with Gasteiger partial charge in [0, 0.05) is 30.9 Å². The minimum atomic E-state index is -4.43. The maximum Gasteiger partial charge on any atom is 0.417 e. The summed E-state index contributed by atoms with van der Waals surface area (Å²) in [6, 6.07) is 8.63. The summed E-state index contributed by atoms with van der Waals surface area (Å²) < 4.78 is 43.0. The monoisotopic (exact) mass is 364 g/mol. The second-order valence-corrected chi connectivity index (χ2v) is 6.22. The number of ether oxygens (including phenoxy) is 1. The van der Waals surface area contributed by atoms with E-state index in [-0.39, 0.29) is 11.8 Å². The van der Waals surface area contributed by atoms with Crippen LogP contribution in [-0.4, -0.2) is 28.9 Å². The van der Waals surface area contributed by atoms with Crippen LogP contribution < -0.4 is 4.74 Å². The van der Waals surface area contributed by atoms with Gasteiger partial charge >= 0.3 is 6.18 Å². The van der Waals surface area contributed by atoms with E-state index in [0.29, 0.717) is 11.3 Å². The molecule has 1 aliphatic heterocycles. The summed E-state index contributed by atoms with van der Waals surface area (Å²) in [5.74, 6) is 0.459. The van der Waals surface area contributed by atoms with Gasteiger partial charge in [0.25, 0.3) is 5.91 Å². The maximum atomic E-state index is 12.5. The average molecular weight is 364 g/mol. The lowest BCUT2D eigenvalue weighted by Gasteiger charge is -2.20. The highest BCUT2D eigenvalue weighted by Crippen LogP contribution is 2.30. The Balaban J connectivity index is 1.65. The van der Waals surface area contributed by atoms with Gasteiger partial charge in [-0.15, -0.1) is 0 Å². The second-order valence-electron chi connectivity index (χ2n) is 6.22. The van der Waals surface area contributed by atoms with E-state index in [1.807, 2.05) is 4.90 Å². The Morgan fingerprint density at radius 3 is 2.15 bits per heavy atom. The van der Waals surface area contributed by atoms with E-state index in [9.17, 15) is 18.0 Å². The number of amides is 1. The summed E-state index contributed by atoms with van der Waals surface area (Å²) in [5.41, 5.74) is -0.261. The van der Waals surface area contributed by atoms with E-state index in [1.54, 1.807) is 24.3 Å². The number of hydrogen-bond donors (Lipinski definition) is 0. The Labute approximate surface area is 149 Å². The number of alkyl halides is 3. The van der Waals surface area contributed by atoms with Gasteiger partial charge in [-0.3, -0.25) is 4.79 Å². The lowest BCUT2D eigenvalue weighted by molar-refractivity contribution is -0.137. The molecule has 0 radical (unpaired) electrons. The number of rotatable bonds is 3. The van der Waals surface area contributed by atoms with Crippen LogP contribution in [0.2, 0.25) is 0 Å². The topological polar surface area (TPSA) is 42.4 Å². The van der Waals surface area contributed by atoms with Crippen molar-refractivity contribution in [3.05, 3.63) is 53.7 Å². The molecule has 26 heavy (non-hydrogen) atoms. The number of carbonyl (C=O) groups excluding carboxylic acids is 1. The third-order valence-corrected chi connectivity index (χ3v) is 4.28. The van der Waals surface area contributed by atoms with Crippen molar-refractivity contribution in [2.24, 2.45) is 0 Å². The zero-order chi connectivity index (χ0) is 18.6. The highest BCUT2D eigenvalue weighted by atomic mass is 19.4. The van der Waals surface area contributed by atoms with Crippen molar-refractivity contribution >= 4 is 5.91 Å². The molecule has 7 heteroatoms. The molecule has 1 aromatic heterocycles. The van der Waals surface area contributed by atoms with E-state index >= 15 is 0 Å². The molecule has 0 N–H and O–H groups in total. The summed E-state index contributed by atoms with van der Waals surface area (Å²) >= 11 is 0. The van der Waals surface area contributed by atoms with Crippen molar-refractivity contribution in [3.8, 4) is 11.6 Å². The van der Waals surface area contributed by atoms with Crippen LogP contribution in [0.4, 0.5) is 13.2 Å². The summed E-state index contributed by atoms with van der Waals surface area (Å²) in [5, 5.41) is 0. The van der Waals surface area contributed by atoms with Crippen LogP contribution in [0.15, 0.2) is 42.6 Å². The predicted molar refractivity (Wildman–Crippen MR) is 90.1 cm³/mol. The van der Waals surface area contributed by atoms with Crippen LogP contribution in [0.25, 0.3) is 0 Å². The molecular formula is C19H19F3N2O2. The molecule has 0 unspecified atom stereocenters. The summed E-state index contributed by atoms with van der Waals surface area (Å²) in [6.45, 7) is 1.54. The first-order valence-electron chi connectivity index (χ1n) is 8.54. The molecule has 1 amide bonds. The first-order chi connectivity index (χ1) is 12.4. The summed E-state index contributed by atoms with van der Waals surface area (Å²) in [7, 11) is 0. The molecule has 1 aromatic carbocycles. The third-order valence-electron chi connectivity index (χ3n) is 4.28. The molecule has 0 spiro atoms.